The molecule has 0 atom stereocenters. The van der Waals surface area contributed by atoms with E-state index in [-0.39, 0.29) is 42.7 Å². The van der Waals surface area contributed by atoms with E-state index in [0.717, 1.165) is 17.0 Å². The summed E-state index contributed by atoms with van der Waals surface area (Å²) in [5.41, 5.74) is -0.111. The van der Waals surface area contributed by atoms with Crippen LogP contribution in [0.3, 0.4) is 0 Å². The van der Waals surface area contributed by atoms with E-state index in [9.17, 15) is 27.6 Å². The molecule has 0 saturated carbocycles. The van der Waals surface area contributed by atoms with E-state index in [2.05, 4.69) is 4.98 Å². The number of aromatic nitrogens is 1. The highest BCUT2D eigenvalue weighted by Gasteiger charge is 2.36. The van der Waals surface area contributed by atoms with Crippen molar-refractivity contribution in [2.24, 2.45) is 0 Å². The molecular weight excluding hydrogens is 415 g/mol. The van der Waals surface area contributed by atoms with Gasteiger partial charge in [0.25, 0.3) is 11.8 Å². The van der Waals surface area contributed by atoms with Gasteiger partial charge in [0.1, 0.15) is 6.10 Å². The summed E-state index contributed by atoms with van der Waals surface area (Å²) in [6.45, 7) is 0.754. The molecule has 162 valence electrons. The minimum absolute atomic E-state index is 0.0655. The van der Waals surface area contributed by atoms with E-state index >= 15 is 0 Å². The van der Waals surface area contributed by atoms with Crippen molar-refractivity contribution in [1.29, 1.82) is 0 Å². The maximum Gasteiger partial charge on any atom is 0.417 e. The summed E-state index contributed by atoms with van der Waals surface area (Å²) < 4.78 is 43.1. The molecule has 0 spiro atoms. The number of likely N-dealkylation sites (tertiary alicyclic amines) is 1. The maximum absolute atomic E-state index is 12.5. The molecule has 2 aliphatic heterocycles. The highest BCUT2D eigenvalue weighted by atomic mass is 19.4. The van der Waals surface area contributed by atoms with Crippen LogP contribution in [0.2, 0.25) is 0 Å². The van der Waals surface area contributed by atoms with Gasteiger partial charge in [0.05, 0.1) is 29.8 Å². The number of pyridine rings is 1. The van der Waals surface area contributed by atoms with Gasteiger partial charge in [-0.25, -0.2) is 4.98 Å². The molecule has 0 N–H and O–H groups in total. The third-order valence-electron chi connectivity index (χ3n) is 5.20. The fraction of sp³-hybridized carbons (Fsp3) is 0.333. The van der Waals surface area contributed by atoms with E-state index in [1.54, 1.807) is 29.2 Å². The number of halogens is 3. The molecule has 2 aliphatic rings. The van der Waals surface area contributed by atoms with Crippen LogP contribution >= 0.6 is 0 Å². The van der Waals surface area contributed by atoms with Crippen molar-refractivity contribution in [3.63, 3.8) is 0 Å². The maximum atomic E-state index is 12.5. The van der Waals surface area contributed by atoms with Gasteiger partial charge in [0.15, 0.2) is 0 Å². The second-order valence-corrected chi connectivity index (χ2v) is 7.33. The average molecular weight is 433 g/mol. The first-order valence-corrected chi connectivity index (χ1v) is 9.67. The van der Waals surface area contributed by atoms with Crippen LogP contribution in [0.15, 0.2) is 42.6 Å². The topological polar surface area (TPSA) is 79.8 Å². The number of carbonyl (C=O) groups excluding carboxylic acids is 3. The molecule has 3 amide bonds. The van der Waals surface area contributed by atoms with Crippen molar-refractivity contribution in [1.82, 2.24) is 14.8 Å². The molecule has 0 unspecified atom stereocenters. The number of nitrogens with zero attached hydrogens (tertiary/aromatic N) is 3. The smallest absolute Gasteiger partial charge is 0.417 e. The summed E-state index contributed by atoms with van der Waals surface area (Å²) in [5, 5.41) is 0. The minimum Gasteiger partial charge on any atom is -0.471 e. The second-order valence-electron chi connectivity index (χ2n) is 7.33. The Hall–Kier alpha value is -3.43. The first kappa shape index (κ1) is 20.8. The summed E-state index contributed by atoms with van der Waals surface area (Å²) in [6.07, 6.45) is -3.59. The van der Waals surface area contributed by atoms with Gasteiger partial charge in [-0.05, 0) is 24.6 Å². The fourth-order valence-corrected chi connectivity index (χ4v) is 3.49. The van der Waals surface area contributed by atoms with Gasteiger partial charge in [-0.1, -0.05) is 12.1 Å². The number of carbonyl (C=O) groups is 3. The van der Waals surface area contributed by atoms with Gasteiger partial charge in [-0.15, -0.1) is 0 Å². The molecule has 31 heavy (non-hydrogen) atoms. The van der Waals surface area contributed by atoms with Crippen LogP contribution in [0.4, 0.5) is 13.2 Å². The molecule has 2 aromatic rings. The van der Waals surface area contributed by atoms with Crippen molar-refractivity contribution < 1.29 is 32.3 Å². The van der Waals surface area contributed by atoms with E-state index in [0.29, 0.717) is 36.8 Å². The van der Waals surface area contributed by atoms with Gasteiger partial charge < -0.3 is 9.64 Å². The fourth-order valence-electron chi connectivity index (χ4n) is 3.49. The van der Waals surface area contributed by atoms with E-state index in [1.165, 1.54) is 0 Å². The van der Waals surface area contributed by atoms with Crippen molar-refractivity contribution in [3.05, 3.63) is 59.3 Å². The Morgan fingerprint density at radius 2 is 1.71 bits per heavy atom. The third kappa shape index (κ3) is 4.23. The summed E-state index contributed by atoms with van der Waals surface area (Å²) in [7, 11) is 0. The van der Waals surface area contributed by atoms with Crippen molar-refractivity contribution >= 4 is 17.7 Å². The van der Waals surface area contributed by atoms with E-state index < -0.39 is 11.7 Å². The molecule has 4 rings (SSSR count). The summed E-state index contributed by atoms with van der Waals surface area (Å²) in [4.78, 5) is 43.2. The zero-order valence-corrected chi connectivity index (χ0v) is 16.3. The number of alkyl halides is 3. The molecule has 1 saturated heterocycles. The molecule has 0 radical (unpaired) electrons. The molecule has 1 aromatic heterocycles. The molecular formula is C21H18F3N3O4. The van der Waals surface area contributed by atoms with Gasteiger partial charge in [0.2, 0.25) is 11.8 Å². The summed E-state index contributed by atoms with van der Waals surface area (Å²) in [5.74, 6) is -0.781. The number of hydrogen-bond donors (Lipinski definition) is 0. The van der Waals surface area contributed by atoms with Crippen molar-refractivity contribution in [2.75, 3.05) is 19.6 Å². The Morgan fingerprint density at radius 3 is 2.26 bits per heavy atom. The summed E-state index contributed by atoms with van der Waals surface area (Å²) in [6, 6.07) is 8.64. The highest BCUT2D eigenvalue weighted by Crippen LogP contribution is 2.29. The first-order chi connectivity index (χ1) is 14.7. The lowest BCUT2D eigenvalue weighted by atomic mass is 10.1. The van der Waals surface area contributed by atoms with Crippen molar-refractivity contribution in [2.45, 2.75) is 25.1 Å². The van der Waals surface area contributed by atoms with Crippen LogP contribution in [-0.2, 0) is 11.0 Å². The monoisotopic (exact) mass is 433 g/mol. The SMILES string of the molecule is O=C(CCCN1C(=O)c2ccccc2C1=O)N1CC(Oc2ccc(C(F)(F)F)cn2)C1. The second kappa shape index (κ2) is 8.01. The van der Waals surface area contributed by atoms with E-state index in [1.807, 2.05) is 0 Å². The van der Waals surface area contributed by atoms with Crippen LogP contribution in [-0.4, -0.2) is 58.2 Å². The Morgan fingerprint density at radius 1 is 1.06 bits per heavy atom. The van der Waals surface area contributed by atoms with Crippen molar-refractivity contribution in [3.8, 4) is 5.88 Å². The number of benzene rings is 1. The molecule has 1 aromatic carbocycles. The number of ether oxygens (including phenoxy) is 1. The van der Waals surface area contributed by atoms with Gasteiger partial charge in [0, 0.05) is 25.2 Å². The average Bonchev–Trinajstić information content (AvgIpc) is 2.95. The van der Waals surface area contributed by atoms with Crippen LogP contribution in [0, 0.1) is 0 Å². The quantitative estimate of drug-likeness (QED) is 0.655. The first-order valence-electron chi connectivity index (χ1n) is 9.67. The zero-order valence-electron chi connectivity index (χ0n) is 16.3. The normalized spacial score (nSPS) is 16.4. The Bertz CT molecular complexity index is 982. The van der Waals surface area contributed by atoms with E-state index in [4.69, 9.17) is 4.74 Å². The Labute approximate surface area is 175 Å². The van der Waals surface area contributed by atoms with Gasteiger partial charge >= 0.3 is 6.18 Å². The minimum atomic E-state index is -4.46. The molecule has 1 fully saturated rings. The Balaban J connectivity index is 1.20. The lowest BCUT2D eigenvalue weighted by Crippen LogP contribution is -2.56. The van der Waals surface area contributed by atoms with Crippen LogP contribution in [0.5, 0.6) is 5.88 Å². The van der Waals surface area contributed by atoms with Gasteiger partial charge in [-0.3, -0.25) is 19.3 Å². The number of rotatable bonds is 6. The third-order valence-corrected chi connectivity index (χ3v) is 5.20. The molecule has 7 nitrogen and oxygen atoms in total. The summed E-state index contributed by atoms with van der Waals surface area (Å²) >= 11 is 0. The number of hydrogen-bond acceptors (Lipinski definition) is 5. The largest absolute Gasteiger partial charge is 0.471 e. The predicted molar refractivity (Wildman–Crippen MR) is 101 cm³/mol. The van der Waals surface area contributed by atoms with Crippen LogP contribution in [0.1, 0.15) is 39.1 Å². The lowest BCUT2D eigenvalue weighted by molar-refractivity contribution is -0.140. The molecule has 0 aliphatic carbocycles. The zero-order chi connectivity index (χ0) is 22.2. The highest BCUT2D eigenvalue weighted by molar-refractivity contribution is 6.21. The van der Waals surface area contributed by atoms with Gasteiger partial charge in [-0.2, -0.15) is 13.2 Å². The molecule has 3 heterocycles. The number of imide groups is 1. The Kier molecular flexibility index (Phi) is 5.38. The molecule has 10 heteroatoms. The van der Waals surface area contributed by atoms with Crippen LogP contribution in [0.25, 0.3) is 0 Å². The standard InChI is InChI=1S/C21H18F3N3O4/c22-21(23,24)13-7-8-17(25-10-13)31-14-11-26(12-14)18(28)6-3-9-27-19(29)15-4-1-2-5-16(15)20(27)30/h1-2,4-5,7-8,10,14H,3,6,9,11-12H2. The lowest BCUT2D eigenvalue weighted by Gasteiger charge is -2.38. The number of fused-ring (bicyclic) bond motifs is 1. The molecule has 0 bridgehead atoms. The predicted octanol–water partition coefficient (Wildman–Crippen LogP) is 2.77. The number of amides is 3. The van der Waals surface area contributed by atoms with Crippen LogP contribution < -0.4 is 4.74 Å².